The molecule has 0 heteroatoms. The van der Waals surface area contributed by atoms with Gasteiger partial charge in [-0.1, -0.05) is 207 Å². The molecule has 0 aliphatic carbocycles. The molecule has 330 valence electrons. The van der Waals surface area contributed by atoms with Gasteiger partial charge in [-0.05, 0) is 141 Å². The lowest BCUT2D eigenvalue weighted by atomic mass is 9.51. The Bertz CT molecular complexity index is 1520. The highest BCUT2D eigenvalue weighted by Gasteiger charge is 2.51. The van der Waals surface area contributed by atoms with Gasteiger partial charge in [-0.25, -0.2) is 0 Å². The molecule has 1 aromatic rings. The first-order valence-corrected chi connectivity index (χ1v) is 22.8. The molecule has 1 aromatic carbocycles. The molecule has 0 aromatic heterocycles. The van der Waals surface area contributed by atoms with Crippen LogP contribution in [0, 0.1) is 48.7 Å². The summed E-state index contributed by atoms with van der Waals surface area (Å²) in [6.45, 7) is 77.8. The Balaban J connectivity index is 4.27. The highest BCUT2D eigenvalue weighted by Crippen LogP contribution is 2.59. The predicted octanol–water partition coefficient (Wildman–Crippen LogP) is 18.8. The van der Waals surface area contributed by atoms with E-state index in [1.807, 2.05) is 0 Å². The van der Waals surface area contributed by atoms with Crippen molar-refractivity contribution in [2.24, 2.45) is 48.7 Å². The summed E-state index contributed by atoms with van der Waals surface area (Å²) in [6.07, 6.45) is 7.95. The molecule has 57 heavy (non-hydrogen) atoms. The molecule has 1 rings (SSSR count). The summed E-state index contributed by atoms with van der Waals surface area (Å²) in [7, 11) is 0. The first-order chi connectivity index (χ1) is 24.7. The third kappa shape index (κ3) is 11.2. The zero-order valence-corrected chi connectivity index (χ0v) is 44.3. The van der Waals surface area contributed by atoms with E-state index in [9.17, 15) is 0 Å². The van der Waals surface area contributed by atoms with Crippen molar-refractivity contribution in [2.45, 2.75) is 242 Å². The van der Waals surface area contributed by atoms with Crippen molar-refractivity contribution < 1.29 is 0 Å². The van der Waals surface area contributed by atoms with Gasteiger partial charge in [0.25, 0.3) is 0 Å². The molecular formula is C57H102. The van der Waals surface area contributed by atoms with Crippen molar-refractivity contribution in [3.8, 4) is 0 Å². The van der Waals surface area contributed by atoms with Crippen LogP contribution in [0.3, 0.4) is 0 Å². The van der Waals surface area contributed by atoms with Crippen molar-refractivity contribution in [1.82, 2.24) is 0 Å². The summed E-state index contributed by atoms with van der Waals surface area (Å²) in [4.78, 5) is 0. The molecule has 0 unspecified atom stereocenters. The van der Waals surface area contributed by atoms with Crippen LogP contribution in [0.2, 0.25) is 0 Å². The maximum absolute atomic E-state index is 4.34. The van der Waals surface area contributed by atoms with Crippen molar-refractivity contribution in [2.75, 3.05) is 0 Å². The Morgan fingerprint density at radius 2 is 0.596 bits per heavy atom. The standard InChI is InChI=1S/C57H102/c1-40(2)34-46(7,8)49(13,14)37-52(19,20)55(25,26)43-31-44(56(27,28)53(21,22)38-50(15,16)47(9,10)35-41(3)4)33-45(32-43)57(29,30)54(23,24)39-51(17,18)48(11,12)36-42(5)6/h31-33,36H,1,3,34-35,37-39H2,2,4-30H3. The van der Waals surface area contributed by atoms with Crippen molar-refractivity contribution in [3.05, 3.63) is 70.8 Å². The fraction of sp³-hybridized carbons (Fsp3) is 0.789. The van der Waals surface area contributed by atoms with Crippen LogP contribution < -0.4 is 0 Å². The third-order valence-corrected chi connectivity index (χ3v) is 18.4. The van der Waals surface area contributed by atoms with Gasteiger partial charge in [0.1, 0.15) is 0 Å². The van der Waals surface area contributed by atoms with Gasteiger partial charge < -0.3 is 0 Å². The second kappa shape index (κ2) is 16.4. The van der Waals surface area contributed by atoms with E-state index < -0.39 is 0 Å². The van der Waals surface area contributed by atoms with Crippen LogP contribution >= 0.6 is 0 Å². The van der Waals surface area contributed by atoms with Crippen LogP contribution in [-0.4, -0.2) is 0 Å². The summed E-state index contributed by atoms with van der Waals surface area (Å²) < 4.78 is 0. The Hall–Kier alpha value is -1.56. The molecule has 0 fully saturated rings. The highest BCUT2D eigenvalue weighted by atomic mass is 14.6. The lowest BCUT2D eigenvalue weighted by Gasteiger charge is -2.54. The van der Waals surface area contributed by atoms with Crippen LogP contribution in [-0.2, 0) is 16.2 Å². The lowest BCUT2D eigenvalue weighted by molar-refractivity contribution is 0.0207. The molecule has 0 spiro atoms. The molecule has 0 saturated heterocycles. The topological polar surface area (TPSA) is 0 Å². The van der Waals surface area contributed by atoms with E-state index in [0.717, 1.165) is 32.1 Å². The van der Waals surface area contributed by atoms with Gasteiger partial charge in [0.2, 0.25) is 0 Å². The summed E-state index contributed by atoms with van der Waals surface area (Å²) in [6, 6.07) is 7.95. The normalized spacial score (nSPS) is 15.2. The van der Waals surface area contributed by atoms with Crippen LogP contribution in [0.4, 0.5) is 0 Å². The van der Waals surface area contributed by atoms with E-state index in [0.29, 0.717) is 0 Å². The summed E-state index contributed by atoms with van der Waals surface area (Å²) in [5, 5.41) is 0. The summed E-state index contributed by atoms with van der Waals surface area (Å²) in [5.74, 6) is 0. The van der Waals surface area contributed by atoms with Gasteiger partial charge in [0.05, 0.1) is 0 Å². The average molecular weight is 787 g/mol. The molecule has 0 atom stereocenters. The van der Waals surface area contributed by atoms with Gasteiger partial charge >= 0.3 is 0 Å². The molecule has 0 heterocycles. The second-order valence-electron chi connectivity index (χ2n) is 27.5. The minimum absolute atomic E-state index is 0.0155. The minimum Gasteiger partial charge on any atom is -0.100 e. The Labute approximate surface area is 360 Å². The quantitative estimate of drug-likeness (QED) is 0.116. The van der Waals surface area contributed by atoms with Crippen LogP contribution in [0.25, 0.3) is 0 Å². The van der Waals surface area contributed by atoms with E-state index in [1.165, 1.54) is 33.4 Å². The number of hydrogen-bond acceptors (Lipinski definition) is 0. The Morgan fingerprint density at radius 3 is 0.807 bits per heavy atom. The molecule has 0 N–H and O–H groups in total. The van der Waals surface area contributed by atoms with Crippen molar-refractivity contribution in [3.63, 3.8) is 0 Å². The Kier molecular flexibility index (Phi) is 15.4. The Morgan fingerprint density at radius 1 is 0.368 bits per heavy atom. The molecule has 0 saturated carbocycles. The van der Waals surface area contributed by atoms with Crippen LogP contribution in [0.1, 0.15) is 243 Å². The lowest BCUT2D eigenvalue weighted by Crippen LogP contribution is -2.46. The molecule has 0 nitrogen and oxygen atoms in total. The third-order valence-electron chi connectivity index (χ3n) is 18.4. The second-order valence-corrected chi connectivity index (χ2v) is 27.5. The SMILES string of the molecule is C=C(C)CC(C)(C)C(C)(C)CC(C)(C)C(C)(C)c1cc(C(C)(C)C(C)(C)CC(C)(C)C(C)(C)C=C(C)C)cc(C(C)(C)C(C)(C)CC(C)(C)C(C)(C)CC(=C)C)c1. The zero-order valence-electron chi connectivity index (χ0n) is 44.3. The molecule has 0 amide bonds. The first kappa shape index (κ1) is 53.5. The van der Waals surface area contributed by atoms with E-state index >= 15 is 0 Å². The van der Waals surface area contributed by atoms with E-state index in [1.54, 1.807) is 0 Å². The fourth-order valence-electron chi connectivity index (χ4n) is 10.5. The monoisotopic (exact) mass is 787 g/mol. The van der Waals surface area contributed by atoms with Gasteiger partial charge in [-0.3, -0.25) is 0 Å². The molecular weight excluding hydrogens is 685 g/mol. The van der Waals surface area contributed by atoms with Gasteiger partial charge in [-0.2, -0.15) is 0 Å². The van der Waals surface area contributed by atoms with E-state index in [2.05, 4.69) is 231 Å². The van der Waals surface area contributed by atoms with Crippen molar-refractivity contribution >= 4 is 0 Å². The predicted molar refractivity (Wildman–Crippen MR) is 262 cm³/mol. The van der Waals surface area contributed by atoms with Gasteiger partial charge in [0, 0.05) is 0 Å². The summed E-state index contributed by atoms with van der Waals surface area (Å²) >= 11 is 0. The minimum atomic E-state index is -0.0952. The molecule has 0 radical (unpaired) electrons. The fourth-order valence-corrected chi connectivity index (χ4v) is 10.5. The van der Waals surface area contributed by atoms with Gasteiger partial charge in [0.15, 0.2) is 0 Å². The van der Waals surface area contributed by atoms with E-state index in [-0.39, 0.29) is 65.0 Å². The number of hydrogen-bond donors (Lipinski definition) is 0. The molecule has 0 aliphatic heterocycles. The number of allylic oxidation sites excluding steroid dienone is 4. The number of rotatable bonds is 20. The average Bonchev–Trinajstić information content (AvgIpc) is 2.92. The zero-order chi connectivity index (χ0) is 45.8. The van der Waals surface area contributed by atoms with Crippen LogP contribution in [0.5, 0.6) is 0 Å². The number of benzene rings is 1. The highest BCUT2D eigenvalue weighted by molar-refractivity contribution is 5.43. The largest absolute Gasteiger partial charge is 0.100 e. The van der Waals surface area contributed by atoms with Crippen LogP contribution in [0.15, 0.2) is 54.2 Å². The first-order valence-electron chi connectivity index (χ1n) is 22.8. The maximum atomic E-state index is 4.34. The summed E-state index contributed by atoms with van der Waals surface area (Å²) in [5.41, 5.74) is 8.80. The maximum Gasteiger partial charge on any atom is -0.00520 e. The van der Waals surface area contributed by atoms with E-state index in [4.69, 9.17) is 0 Å². The molecule has 0 aliphatic rings. The molecule has 0 bridgehead atoms. The van der Waals surface area contributed by atoms with Crippen molar-refractivity contribution in [1.29, 1.82) is 0 Å². The smallest absolute Gasteiger partial charge is 0.00520 e. The van der Waals surface area contributed by atoms with Gasteiger partial charge in [-0.15, -0.1) is 13.2 Å².